The van der Waals surface area contributed by atoms with Gasteiger partial charge < -0.3 is 10.1 Å². The molecule has 0 fully saturated rings. The van der Waals surface area contributed by atoms with Crippen LogP contribution in [0.3, 0.4) is 0 Å². The fourth-order valence-corrected chi connectivity index (χ4v) is 1.49. The second-order valence-electron chi connectivity index (χ2n) is 4.50. The Morgan fingerprint density at radius 2 is 2.17 bits per heavy atom. The largest absolute Gasteiger partial charge is 0.481 e. The summed E-state index contributed by atoms with van der Waals surface area (Å²) in [5.74, 6) is 4.04. The summed E-state index contributed by atoms with van der Waals surface area (Å²) >= 11 is 0. The summed E-state index contributed by atoms with van der Waals surface area (Å²) < 4.78 is 5.38. The first-order chi connectivity index (χ1) is 8.22. The van der Waals surface area contributed by atoms with E-state index in [1.165, 1.54) is 12.0 Å². The summed E-state index contributed by atoms with van der Waals surface area (Å²) in [5.41, 5.74) is 1.23. The van der Waals surface area contributed by atoms with Gasteiger partial charge in [0.2, 0.25) is 0 Å². The van der Waals surface area contributed by atoms with E-state index >= 15 is 0 Å². The van der Waals surface area contributed by atoms with Gasteiger partial charge in [-0.05, 0) is 36.6 Å². The van der Waals surface area contributed by atoms with Crippen LogP contribution in [-0.2, 0) is 6.54 Å². The van der Waals surface area contributed by atoms with Crippen LogP contribution in [0.1, 0.15) is 25.8 Å². The molecule has 0 spiro atoms. The van der Waals surface area contributed by atoms with E-state index in [4.69, 9.17) is 11.2 Å². The Labute approximate surface area is 117 Å². The zero-order chi connectivity index (χ0) is 12.5. The molecule has 0 aliphatic carbocycles. The van der Waals surface area contributed by atoms with Crippen molar-refractivity contribution in [2.45, 2.75) is 26.8 Å². The third kappa shape index (κ3) is 7.21. The van der Waals surface area contributed by atoms with Gasteiger partial charge in [-0.2, -0.15) is 0 Å². The maximum absolute atomic E-state index is 5.38. The normalized spacial score (nSPS) is 9.67. The number of hydrogen-bond donors (Lipinski definition) is 1. The van der Waals surface area contributed by atoms with Crippen molar-refractivity contribution in [3.63, 3.8) is 0 Å². The zero-order valence-electron chi connectivity index (χ0n) is 11.1. The molecule has 0 aromatic heterocycles. The summed E-state index contributed by atoms with van der Waals surface area (Å²) in [4.78, 5) is 0. The quantitative estimate of drug-likeness (QED) is 0.605. The van der Waals surface area contributed by atoms with Gasteiger partial charge in [0.05, 0.1) is 0 Å². The SMILES string of the molecule is C#CCOc1cccc(CNCCC(C)C)c1.Cl. The van der Waals surface area contributed by atoms with Crippen LogP contribution in [0.25, 0.3) is 0 Å². The zero-order valence-corrected chi connectivity index (χ0v) is 11.9. The van der Waals surface area contributed by atoms with Gasteiger partial charge in [-0.3, -0.25) is 0 Å². The molecule has 0 saturated carbocycles. The smallest absolute Gasteiger partial charge is 0.148 e. The first-order valence-corrected chi connectivity index (χ1v) is 6.08. The van der Waals surface area contributed by atoms with Gasteiger partial charge in [0.25, 0.3) is 0 Å². The Kier molecular flexibility index (Phi) is 9.18. The predicted molar refractivity (Wildman–Crippen MR) is 79.2 cm³/mol. The van der Waals surface area contributed by atoms with Crippen LogP contribution in [0.4, 0.5) is 0 Å². The minimum absolute atomic E-state index is 0. The van der Waals surface area contributed by atoms with Crippen molar-refractivity contribution in [2.24, 2.45) is 5.92 Å². The van der Waals surface area contributed by atoms with E-state index in [1.807, 2.05) is 18.2 Å². The lowest BCUT2D eigenvalue weighted by Gasteiger charge is -2.08. The van der Waals surface area contributed by atoms with Gasteiger partial charge in [-0.25, -0.2) is 0 Å². The fraction of sp³-hybridized carbons (Fsp3) is 0.467. The first kappa shape index (κ1) is 16.8. The molecule has 0 amide bonds. The second-order valence-corrected chi connectivity index (χ2v) is 4.50. The van der Waals surface area contributed by atoms with Gasteiger partial charge in [-0.15, -0.1) is 18.8 Å². The maximum Gasteiger partial charge on any atom is 0.148 e. The third-order valence-electron chi connectivity index (χ3n) is 2.45. The number of terminal acetylenes is 1. The number of halogens is 1. The highest BCUT2D eigenvalue weighted by atomic mass is 35.5. The highest BCUT2D eigenvalue weighted by molar-refractivity contribution is 5.85. The van der Waals surface area contributed by atoms with Gasteiger partial charge in [-0.1, -0.05) is 31.9 Å². The maximum atomic E-state index is 5.38. The molecule has 1 rings (SSSR count). The molecule has 0 atom stereocenters. The van der Waals surface area contributed by atoms with E-state index in [0.29, 0.717) is 6.61 Å². The highest BCUT2D eigenvalue weighted by Gasteiger charge is 1.97. The van der Waals surface area contributed by atoms with Gasteiger partial charge in [0.15, 0.2) is 0 Å². The Morgan fingerprint density at radius 1 is 1.39 bits per heavy atom. The van der Waals surface area contributed by atoms with Crippen molar-refractivity contribution in [2.75, 3.05) is 13.2 Å². The summed E-state index contributed by atoms with van der Waals surface area (Å²) in [6.45, 7) is 6.71. The summed E-state index contributed by atoms with van der Waals surface area (Å²) in [6.07, 6.45) is 6.36. The molecule has 2 nitrogen and oxygen atoms in total. The molecule has 0 saturated heterocycles. The molecule has 1 aromatic carbocycles. The third-order valence-corrected chi connectivity index (χ3v) is 2.45. The lowest BCUT2D eigenvalue weighted by Crippen LogP contribution is -2.16. The Hall–Kier alpha value is -1.17. The molecule has 0 aliphatic rings. The lowest BCUT2D eigenvalue weighted by molar-refractivity contribution is 0.370. The molecule has 0 aliphatic heterocycles. The minimum Gasteiger partial charge on any atom is -0.481 e. The Balaban J connectivity index is 0.00000289. The monoisotopic (exact) mass is 267 g/mol. The van der Waals surface area contributed by atoms with Crippen LogP contribution in [0, 0.1) is 18.3 Å². The fourth-order valence-electron chi connectivity index (χ4n) is 1.49. The van der Waals surface area contributed by atoms with E-state index in [9.17, 15) is 0 Å². The van der Waals surface area contributed by atoms with Crippen LogP contribution in [0.15, 0.2) is 24.3 Å². The topological polar surface area (TPSA) is 21.3 Å². The van der Waals surface area contributed by atoms with E-state index in [1.54, 1.807) is 0 Å². The van der Waals surface area contributed by atoms with Crippen molar-refractivity contribution < 1.29 is 4.74 Å². The minimum atomic E-state index is 0. The van der Waals surface area contributed by atoms with Gasteiger partial charge in [0.1, 0.15) is 12.4 Å². The van der Waals surface area contributed by atoms with Gasteiger partial charge >= 0.3 is 0 Å². The van der Waals surface area contributed by atoms with E-state index in [-0.39, 0.29) is 12.4 Å². The van der Waals surface area contributed by atoms with Crippen molar-refractivity contribution in [1.82, 2.24) is 5.32 Å². The number of ether oxygens (including phenoxy) is 1. The Bertz CT molecular complexity index is 371. The van der Waals surface area contributed by atoms with Crippen LogP contribution < -0.4 is 10.1 Å². The summed E-state index contributed by atoms with van der Waals surface area (Å²) in [5, 5.41) is 3.42. The number of rotatable bonds is 7. The molecule has 18 heavy (non-hydrogen) atoms. The number of nitrogens with one attached hydrogen (secondary N) is 1. The number of hydrogen-bond acceptors (Lipinski definition) is 2. The van der Waals surface area contributed by atoms with E-state index < -0.39 is 0 Å². The molecule has 0 unspecified atom stereocenters. The molecule has 0 bridgehead atoms. The first-order valence-electron chi connectivity index (χ1n) is 6.08. The van der Waals surface area contributed by atoms with Crippen LogP contribution in [0.5, 0.6) is 5.75 Å². The average Bonchev–Trinajstić information content (AvgIpc) is 2.32. The van der Waals surface area contributed by atoms with Gasteiger partial charge in [0, 0.05) is 6.54 Å². The molecule has 1 aromatic rings. The lowest BCUT2D eigenvalue weighted by atomic mass is 10.1. The average molecular weight is 268 g/mol. The molecule has 1 N–H and O–H groups in total. The van der Waals surface area contributed by atoms with Crippen molar-refractivity contribution in [1.29, 1.82) is 0 Å². The van der Waals surface area contributed by atoms with E-state index in [0.717, 1.165) is 24.8 Å². The van der Waals surface area contributed by atoms with Crippen molar-refractivity contribution in [3.05, 3.63) is 29.8 Å². The molecular weight excluding hydrogens is 246 g/mol. The molecule has 0 heterocycles. The van der Waals surface area contributed by atoms with E-state index in [2.05, 4.69) is 31.2 Å². The summed E-state index contributed by atoms with van der Waals surface area (Å²) in [7, 11) is 0. The van der Waals surface area contributed by atoms with Crippen LogP contribution in [-0.4, -0.2) is 13.2 Å². The predicted octanol–water partition coefficient (Wildman–Crippen LogP) is 3.26. The molecule has 100 valence electrons. The standard InChI is InChI=1S/C15H21NO.ClH/c1-4-10-17-15-7-5-6-14(11-15)12-16-9-8-13(2)3;/h1,5-7,11,13,16H,8-10,12H2,2-3H3;1H. The highest BCUT2D eigenvalue weighted by Crippen LogP contribution is 2.13. The summed E-state index contributed by atoms with van der Waals surface area (Å²) in [6, 6.07) is 8.03. The molecule has 3 heteroatoms. The molecular formula is C15H22ClNO. The van der Waals surface area contributed by atoms with Crippen molar-refractivity contribution in [3.8, 4) is 18.1 Å². The Morgan fingerprint density at radius 3 is 2.83 bits per heavy atom. The molecule has 0 radical (unpaired) electrons. The van der Waals surface area contributed by atoms with Crippen LogP contribution >= 0.6 is 12.4 Å². The van der Waals surface area contributed by atoms with Crippen molar-refractivity contribution >= 4 is 12.4 Å². The number of benzene rings is 1. The second kappa shape index (κ2) is 9.82. The van der Waals surface area contributed by atoms with Crippen LogP contribution in [0.2, 0.25) is 0 Å².